The molecular weight excluding hydrogens is 246 g/mol. The van der Waals surface area contributed by atoms with Crippen LogP contribution in [0.3, 0.4) is 0 Å². The fourth-order valence-electron chi connectivity index (χ4n) is 2.14. The first-order valence-corrected chi connectivity index (χ1v) is 6.10. The number of hydrogen-bond acceptors (Lipinski definition) is 1. The smallest absolute Gasteiger partial charge is 0.179 e. The highest BCUT2D eigenvalue weighted by molar-refractivity contribution is 6.31. The molecule has 0 saturated carbocycles. The largest absolute Gasteiger partial charge is 0.327 e. The van der Waals surface area contributed by atoms with Crippen molar-refractivity contribution in [3.63, 3.8) is 0 Å². The Labute approximate surface area is 110 Å². The van der Waals surface area contributed by atoms with Crippen LogP contribution in [0.4, 0.5) is 0 Å². The van der Waals surface area contributed by atoms with E-state index in [-0.39, 0.29) is 0 Å². The van der Waals surface area contributed by atoms with E-state index in [1.165, 1.54) is 0 Å². The molecule has 18 heavy (non-hydrogen) atoms. The lowest BCUT2D eigenvalue weighted by atomic mass is 10.2. The third kappa shape index (κ3) is 1.77. The van der Waals surface area contributed by atoms with Crippen molar-refractivity contribution in [2.45, 2.75) is 0 Å². The predicted octanol–water partition coefficient (Wildman–Crippen LogP) is 2.72. The van der Waals surface area contributed by atoms with Crippen LogP contribution in [0.1, 0.15) is 0 Å². The van der Waals surface area contributed by atoms with Crippen LogP contribution in [0.5, 0.6) is 0 Å². The average Bonchev–Trinajstić information content (AvgIpc) is 2.67. The van der Waals surface area contributed by atoms with Crippen molar-refractivity contribution in [3.05, 3.63) is 47.7 Å². The molecule has 0 aliphatic heterocycles. The maximum absolute atomic E-state index is 6.03. The summed E-state index contributed by atoms with van der Waals surface area (Å²) in [6.45, 7) is 0. The first-order chi connectivity index (χ1) is 8.65. The SMILES string of the molecule is Cn1c(-c2ccc[n+](C)c2)nc2ccc(Cl)cc21. The molecule has 0 unspecified atom stereocenters. The van der Waals surface area contributed by atoms with E-state index in [4.69, 9.17) is 11.6 Å². The number of fused-ring (bicyclic) bond motifs is 1. The molecule has 90 valence electrons. The zero-order chi connectivity index (χ0) is 12.7. The van der Waals surface area contributed by atoms with E-state index < -0.39 is 0 Å². The summed E-state index contributed by atoms with van der Waals surface area (Å²) in [6.07, 6.45) is 4.06. The number of aromatic nitrogens is 3. The van der Waals surface area contributed by atoms with Gasteiger partial charge in [0.05, 0.1) is 16.6 Å². The summed E-state index contributed by atoms with van der Waals surface area (Å²) in [6, 6.07) is 9.83. The van der Waals surface area contributed by atoms with Crippen molar-refractivity contribution < 1.29 is 4.57 Å². The van der Waals surface area contributed by atoms with Gasteiger partial charge < -0.3 is 4.57 Å². The first kappa shape index (κ1) is 11.2. The molecule has 3 aromatic rings. The molecule has 1 aromatic carbocycles. The number of imidazole rings is 1. The Morgan fingerprint density at radius 3 is 2.89 bits per heavy atom. The molecule has 2 heterocycles. The van der Waals surface area contributed by atoms with Gasteiger partial charge in [-0.2, -0.15) is 0 Å². The molecule has 0 fully saturated rings. The molecular formula is C14H13ClN3+. The topological polar surface area (TPSA) is 21.7 Å². The minimum atomic E-state index is 0.732. The van der Waals surface area contributed by atoms with Gasteiger partial charge in [-0.3, -0.25) is 0 Å². The molecule has 0 amide bonds. The Morgan fingerprint density at radius 2 is 2.11 bits per heavy atom. The fraction of sp³-hybridized carbons (Fsp3) is 0.143. The standard InChI is InChI=1S/C14H13ClN3/c1-17-7-3-4-10(9-17)14-16-12-6-5-11(15)8-13(12)18(14)2/h3-9H,1-2H3/q+1. The van der Waals surface area contributed by atoms with Crippen LogP contribution >= 0.6 is 11.6 Å². The van der Waals surface area contributed by atoms with Gasteiger partial charge in [0.1, 0.15) is 12.9 Å². The predicted molar refractivity (Wildman–Crippen MR) is 72.3 cm³/mol. The van der Waals surface area contributed by atoms with Gasteiger partial charge in [0.15, 0.2) is 12.4 Å². The van der Waals surface area contributed by atoms with Gasteiger partial charge in [-0.05, 0) is 24.3 Å². The lowest BCUT2D eigenvalue weighted by molar-refractivity contribution is -0.671. The summed E-state index contributed by atoms with van der Waals surface area (Å²) in [7, 11) is 4.01. The summed E-state index contributed by atoms with van der Waals surface area (Å²) in [5.41, 5.74) is 3.10. The van der Waals surface area contributed by atoms with E-state index in [1.807, 2.05) is 49.1 Å². The molecule has 3 nitrogen and oxygen atoms in total. The number of halogens is 1. The van der Waals surface area contributed by atoms with Gasteiger partial charge in [0.25, 0.3) is 0 Å². The number of hydrogen-bond donors (Lipinski definition) is 0. The van der Waals surface area contributed by atoms with Crippen molar-refractivity contribution in [2.75, 3.05) is 0 Å². The number of benzene rings is 1. The Balaban J connectivity index is 2.27. The summed E-state index contributed by atoms with van der Waals surface area (Å²) in [5, 5.41) is 0.732. The minimum Gasteiger partial charge on any atom is -0.327 e. The lowest BCUT2D eigenvalue weighted by Gasteiger charge is -2.00. The van der Waals surface area contributed by atoms with Crippen LogP contribution in [-0.4, -0.2) is 9.55 Å². The highest BCUT2D eigenvalue weighted by Crippen LogP contribution is 2.24. The molecule has 4 heteroatoms. The zero-order valence-corrected chi connectivity index (χ0v) is 11.0. The average molecular weight is 259 g/mol. The Morgan fingerprint density at radius 1 is 1.28 bits per heavy atom. The molecule has 3 rings (SSSR count). The van der Waals surface area contributed by atoms with Crippen LogP contribution in [0, 0.1) is 0 Å². The molecule has 0 aliphatic carbocycles. The normalized spacial score (nSPS) is 11.1. The van der Waals surface area contributed by atoms with E-state index in [0.717, 1.165) is 27.4 Å². The third-order valence-corrected chi connectivity index (χ3v) is 3.28. The Bertz CT molecular complexity index is 731. The first-order valence-electron chi connectivity index (χ1n) is 5.73. The van der Waals surface area contributed by atoms with Crippen molar-refractivity contribution in [3.8, 4) is 11.4 Å². The van der Waals surface area contributed by atoms with Crippen molar-refractivity contribution >= 4 is 22.6 Å². The van der Waals surface area contributed by atoms with Gasteiger partial charge in [0.2, 0.25) is 0 Å². The van der Waals surface area contributed by atoms with Crippen LogP contribution in [0.2, 0.25) is 5.02 Å². The number of rotatable bonds is 1. The van der Waals surface area contributed by atoms with Gasteiger partial charge in [-0.25, -0.2) is 9.55 Å². The molecule has 0 atom stereocenters. The van der Waals surface area contributed by atoms with Gasteiger partial charge in [-0.15, -0.1) is 0 Å². The molecule has 0 bridgehead atoms. The molecule has 2 aromatic heterocycles. The van der Waals surface area contributed by atoms with Crippen molar-refractivity contribution in [2.24, 2.45) is 14.1 Å². The number of nitrogens with zero attached hydrogens (tertiary/aromatic N) is 3. The summed E-state index contributed by atoms with van der Waals surface area (Å²) in [5.74, 6) is 0.948. The van der Waals surface area contributed by atoms with Crippen molar-refractivity contribution in [1.82, 2.24) is 9.55 Å². The van der Waals surface area contributed by atoms with Crippen LogP contribution in [0.15, 0.2) is 42.7 Å². The van der Waals surface area contributed by atoms with E-state index in [9.17, 15) is 0 Å². The second-order valence-electron chi connectivity index (χ2n) is 4.39. The second-order valence-corrected chi connectivity index (χ2v) is 4.82. The van der Waals surface area contributed by atoms with E-state index in [1.54, 1.807) is 0 Å². The monoisotopic (exact) mass is 258 g/mol. The number of aryl methyl sites for hydroxylation is 2. The second kappa shape index (κ2) is 4.10. The van der Waals surface area contributed by atoms with Crippen LogP contribution in [-0.2, 0) is 14.1 Å². The molecule has 0 N–H and O–H groups in total. The van der Waals surface area contributed by atoms with E-state index in [2.05, 4.69) is 21.8 Å². The molecule has 0 radical (unpaired) electrons. The van der Waals surface area contributed by atoms with Crippen LogP contribution < -0.4 is 4.57 Å². The van der Waals surface area contributed by atoms with Gasteiger partial charge >= 0.3 is 0 Å². The minimum absolute atomic E-state index is 0.732. The molecule has 0 saturated heterocycles. The highest BCUT2D eigenvalue weighted by Gasteiger charge is 2.12. The highest BCUT2D eigenvalue weighted by atomic mass is 35.5. The third-order valence-electron chi connectivity index (χ3n) is 3.04. The Kier molecular flexibility index (Phi) is 2.56. The fourth-order valence-corrected chi connectivity index (χ4v) is 2.31. The Hall–Kier alpha value is -1.87. The molecule has 0 aliphatic rings. The summed E-state index contributed by atoms with van der Waals surface area (Å²) >= 11 is 6.03. The summed E-state index contributed by atoms with van der Waals surface area (Å²) in [4.78, 5) is 4.66. The maximum atomic E-state index is 6.03. The van der Waals surface area contributed by atoms with Gasteiger partial charge in [0, 0.05) is 18.1 Å². The number of pyridine rings is 1. The van der Waals surface area contributed by atoms with E-state index >= 15 is 0 Å². The zero-order valence-electron chi connectivity index (χ0n) is 10.3. The maximum Gasteiger partial charge on any atom is 0.179 e. The van der Waals surface area contributed by atoms with Crippen molar-refractivity contribution in [1.29, 1.82) is 0 Å². The van der Waals surface area contributed by atoms with E-state index in [0.29, 0.717) is 0 Å². The summed E-state index contributed by atoms with van der Waals surface area (Å²) < 4.78 is 4.08. The lowest BCUT2D eigenvalue weighted by Crippen LogP contribution is -2.26. The van der Waals surface area contributed by atoms with Gasteiger partial charge in [-0.1, -0.05) is 11.6 Å². The van der Waals surface area contributed by atoms with Crippen LogP contribution in [0.25, 0.3) is 22.4 Å². The quantitative estimate of drug-likeness (QED) is 0.615. The molecule has 0 spiro atoms.